The number of anilines is 1. The van der Waals surface area contributed by atoms with Gasteiger partial charge in [0.05, 0.1) is 28.4 Å². The van der Waals surface area contributed by atoms with E-state index in [9.17, 15) is 4.79 Å². The van der Waals surface area contributed by atoms with E-state index in [1.54, 1.807) is 11.3 Å². The molecular weight excluding hydrogens is 332 g/mol. The summed E-state index contributed by atoms with van der Waals surface area (Å²) in [4.78, 5) is 17.1. The maximum atomic E-state index is 12.5. The average Bonchev–Trinajstić information content (AvgIpc) is 3.04. The Hall–Kier alpha value is -1.69. The molecule has 0 saturated carbocycles. The van der Waals surface area contributed by atoms with E-state index in [1.165, 1.54) is 0 Å². The van der Waals surface area contributed by atoms with Crippen molar-refractivity contribution < 1.29 is 4.79 Å². The third-order valence-electron chi connectivity index (χ3n) is 3.79. The molecule has 0 aliphatic rings. The van der Waals surface area contributed by atoms with E-state index in [2.05, 4.69) is 65.7 Å². The minimum Gasteiger partial charge on any atom is -0.311 e. The molecule has 0 aliphatic heterocycles. The summed E-state index contributed by atoms with van der Waals surface area (Å²) in [5.74, 6) is 1.06. The number of nitrogens with one attached hydrogen (secondary N) is 1. The molecule has 0 unspecified atom stereocenters. The minimum atomic E-state index is -0.211. The van der Waals surface area contributed by atoms with Crippen LogP contribution in [-0.4, -0.2) is 20.7 Å². The average molecular weight is 363 g/mol. The second-order valence-corrected chi connectivity index (χ2v) is 9.69. The van der Waals surface area contributed by atoms with Crippen LogP contribution in [0.25, 0.3) is 0 Å². The normalized spacial score (nSPS) is 12.7. The maximum Gasteiger partial charge on any atom is 0.231 e. The molecule has 1 amide bonds. The Morgan fingerprint density at radius 3 is 2.36 bits per heavy atom. The summed E-state index contributed by atoms with van der Waals surface area (Å²) in [7, 11) is 0. The van der Waals surface area contributed by atoms with E-state index in [4.69, 9.17) is 5.10 Å². The van der Waals surface area contributed by atoms with Crippen LogP contribution in [0.3, 0.4) is 0 Å². The van der Waals surface area contributed by atoms with Gasteiger partial charge in [0.15, 0.2) is 0 Å². The van der Waals surface area contributed by atoms with E-state index in [-0.39, 0.29) is 23.3 Å². The number of aromatic nitrogens is 3. The number of nitrogens with zero attached hydrogens (tertiary/aromatic N) is 3. The molecule has 0 atom stereocenters. The highest BCUT2D eigenvalue weighted by atomic mass is 32.1. The van der Waals surface area contributed by atoms with Gasteiger partial charge in [-0.25, -0.2) is 9.67 Å². The number of carbonyl (C=O) groups is 1. The van der Waals surface area contributed by atoms with Crippen molar-refractivity contribution in [2.45, 2.75) is 78.7 Å². The molecule has 2 aromatic heterocycles. The molecule has 6 heteroatoms. The molecule has 0 aliphatic carbocycles. The highest BCUT2D eigenvalue weighted by Gasteiger charge is 2.25. The molecule has 5 nitrogen and oxygen atoms in total. The van der Waals surface area contributed by atoms with Crippen molar-refractivity contribution in [1.29, 1.82) is 0 Å². The smallest absolute Gasteiger partial charge is 0.231 e. The predicted molar refractivity (Wildman–Crippen MR) is 104 cm³/mol. The Kier molecular flexibility index (Phi) is 5.42. The van der Waals surface area contributed by atoms with Crippen LogP contribution in [0, 0.1) is 0 Å². The van der Waals surface area contributed by atoms with Gasteiger partial charge in [-0.1, -0.05) is 34.6 Å². The van der Waals surface area contributed by atoms with E-state index in [0.29, 0.717) is 5.92 Å². The number of hydrogen-bond donors (Lipinski definition) is 1. The molecule has 138 valence electrons. The number of rotatable bonds is 4. The van der Waals surface area contributed by atoms with Crippen molar-refractivity contribution in [3.63, 3.8) is 0 Å². The lowest BCUT2D eigenvalue weighted by atomic mass is 9.92. The van der Waals surface area contributed by atoms with E-state index >= 15 is 0 Å². The Morgan fingerprint density at radius 2 is 1.88 bits per heavy atom. The highest BCUT2D eigenvalue weighted by molar-refractivity contribution is 7.09. The van der Waals surface area contributed by atoms with Gasteiger partial charge in [0.25, 0.3) is 0 Å². The lowest BCUT2D eigenvalue weighted by molar-refractivity contribution is -0.115. The van der Waals surface area contributed by atoms with Crippen molar-refractivity contribution in [3.05, 3.63) is 27.8 Å². The highest BCUT2D eigenvalue weighted by Crippen LogP contribution is 2.28. The van der Waals surface area contributed by atoms with Gasteiger partial charge in [-0.15, -0.1) is 11.3 Å². The summed E-state index contributed by atoms with van der Waals surface area (Å²) >= 11 is 1.61. The van der Waals surface area contributed by atoms with E-state index in [0.717, 1.165) is 22.2 Å². The zero-order valence-electron chi connectivity index (χ0n) is 16.6. The molecular formula is C19H30N4OS. The fourth-order valence-corrected chi connectivity index (χ4v) is 3.20. The van der Waals surface area contributed by atoms with Crippen LogP contribution in [0.4, 0.5) is 5.82 Å². The van der Waals surface area contributed by atoms with Crippen LogP contribution in [0.15, 0.2) is 11.4 Å². The van der Waals surface area contributed by atoms with Crippen molar-refractivity contribution in [1.82, 2.24) is 14.8 Å². The first kappa shape index (κ1) is 19.6. The first-order chi connectivity index (χ1) is 11.4. The first-order valence-corrected chi connectivity index (χ1v) is 9.61. The standard InChI is InChI=1S/C19H30N4OS/c1-12(2)17-20-13(11-25-17)9-16(24)21-15-10-14(18(3,4)5)22-23(15)19(6,7)8/h10-12H,9H2,1-8H3,(H,21,24). The van der Waals surface area contributed by atoms with Gasteiger partial charge in [-0.3, -0.25) is 4.79 Å². The number of amides is 1. The summed E-state index contributed by atoms with van der Waals surface area (Å²) in [5, 5.41) is 10.8. The lowest BCUT2D eigenvalue weighted by Crippen LogP contribution is -2.27. The molecule has 1 N–H and O–H groups in total. The third-order valence-corrected chi connectivity index (χ3v) is 4.98. The summed E-state index contributed by atoms with van der Waals surface area (Å²) in [6, 6.07) is 1.98. The zero-order valence-corrected chi connectivity index (χ0v) is 17.4. The van der Waals surface area contributed by atoms with Crippen LogP contribution in [0.2, 0.25) is 0 Å². The molecule has 2 heterocycles. The first-order valence-electron chi connectivity index (χ1n) is 8.73. The van der Waals surface area contributed by atoms with Gasteiger partial charge in [0.1, 0.15) is 5.82 Å². The molecule has 0 bridgehead atoms. The third kappa shape index (κ3) is 4.91. The van der Waals surface area contributed by atoms with Crippen LogP contribution in [0.5, 0.6) is 0 Å². The van der Waals surface area contributed by atoms with Gasteiger partial charge in [-0.05, 0) is 20.8 Å². The van der Waals surface area contributed by atoms with Crippen molar-refractivity contribution in [2.75, 3.05) is 5.32 Å². The molecule has 2 rings (SSSR count). The predicted octanol–water partition coefficient (Wildman–Crippen LogP) is 4.70. The monoisotopic (exact) mass is 362 g/mol. The molecule has 0 spiro atoms. The van der Waals surface area contributed by atoms with Crippen LogP contribution >= 0.6 is 11.3 Å². The Bertz CT molecular complexity index is 744. The maximum absolute atomic E-state index is 12.5. The summed E-state index contributed by atoms with van der Waals surface area (Å²) < 4.78 is 1.89. The lowest BCUT2D eigenvalue weighted by Gasteiger charge is -2.23. The number of carbonyl (C=O) groups excluding carboxylic acids is 1. The molecule has 0 fully saturated rings. The van der Waals surface area contributed by atoms with Crippen molar-refractivity contribution in [3.8, 4) is 0 Å². The van der Waals surface area contributed by atoms with Gasteiger partial charge in [-0.2, -0.15) is 5.10 Å². The topological polar surface area (TPSA) is 59.8 Å². The summed E-state index contributed by atoms with van der Waals surface area (Å²) in [6.07, 6.45) is 0.281. The van der Waals surface area contributed by atoms with Crippen LogP contribution in [0.1, 0.15) is 77.7 Å². The van der Waals surface area contributed by atoms with Crippen LogP contribution in [-0.2, 0) is 22.2 Å². The van der Waals surface area contributed by atoms with E-state index in [1.807, 2.05) is 16.1 Å². The van der Waals surface area contributed by atoms with Gasteiger partial charge in [0, 0.05) is 22.8 Å². The zero-order chi connectivity index (χ0) is 19.0. The van der Waals surface area contributed by atoms with Gasteiger partial charge >= 0.3 is 0 Å². The Labute approximate surface area is 154 Å². The van der Waals surface area contributed by atoms with E-state index < -0.39 is 0 Å². The molecule has 0 aromatic carbocycles. The quantitative estimate of drug-likeness (QED) is 0.858. The summed E-state index contributed by atoms with van der Waals surface area (Å²) in [5.41, 5.74) is 1.51. The minimum absolute atomic E-state index is 0.0635. The van der Waals surface area contributed by atoms with Gasteiger partial charge < -0.3 is 5.32 Å². The second kappa shape index (κ2) is 6.90. The SMILES string of the molecule is CC(C)c1nc(CC(=O)Nc2cc(C(C)(C)C)nn2C(C)(C)C)cs1. The van der Waals surface area contributed by atoms with Crippen molar-refractivity contribution >= 4 is 23.1 Å². The number of thiazole rings is 1. The molecule has 2 aromatic rings. The summed E-state index contributed by atoms with van der Waals surface area (Å²) in [6.45, 7) is 16.8. The Balaban J connectivity index is 2.20. The Morgan fingerprint density at radius 1 is 1.24 bits per heavy atom. The molecule has 0 saturated heterocycles. The fraction of sp³-hybridized carbons (Fsp3) is 0.632. The number of hydrogen-bond acceptors (Lipinski definition) is 4. The fourth-order valence-electron chi connectivity index (χ4n) is 2.37. The molecule has 0 radical (unpaired) electrons. The van der Waals surface area contributed by atoms with Crippen molar-refractivity contribution in [2.24, 2.45) is 0 Å². The largest absolute Gasteiger partial charge is 0.311 e. The molecule has 25 heavy (non-hydrogen) atoms. The second-order valence-electron chi connectivity index (χ2n) is 8.80. The van der Waals surface area contributed by atoms with Gasteiger partial charge in [0.2, 0.25) is 5.91 Å². The van der Waals surface area contributed by atoms with Crippen LogP contribution < -0.4 is 5.32 Å².